The molecule has 2 aromatic carbocycles. The van der Waals surface area contributed by atoms with Gasteiger partial charge in [-0.15, -0.1) is 0 Å². The number of oxazole rings is 1. The summed E-state index contributed by atoms with van der Waals surface area (Å²) in [4.78, 5) is 39.1. The zero-order chi connectivity index (χ0) is 23.4. The number of hydrogen-bond donors (Lipinski definition) is 3. The van der Waals surface area contributed by atoms with E-state index in [0.29, 0.717) is 0 Å². The minimum absolute atomic E-state index is 0.0470. The Kier molecular flexibility index (Phi) is 6.39. The Bertz CT molecular complexity index is 1140. The zero-order valence-electron chi connectivity index (χ0n) is 17.9. The van der Waals surface area contributed by atoms with Crippen LogP contribution >= 0.6 is 0 Å². The third kappa shape index (κ3) is 4.72. The number of carboxylic acids is 1. The highest BCUT2D eigenvalue weighted by molar-refractivity contribution is 5.86. The van der Waals surface area contributed by atoms with Gasteiger partial charge >= 0.3 is 12.1 Å². The van der Waals surface area contributed by atoms with E-state index in [-0.39, 0.29) is 43.0 Å². The number of nitrogens with zero attached hydrogens (tertiary/aromatic N) is 1. The minimum Gasteiger partial charge on any atom is -0.476 e. The van der Waals surface area contributed by atoms with Crippen molar-refractivity contribution < 1.29 is 28.6 Å². The molecule has 3 N–H and O–H groups in total. The molecule has 0 aliphatic heterocycles. The number of fused-ring (bicyclic) bond motifs is 3. The molecule has 9 nitrogen and oxygen atoms in total. The van der Waals surface area contributed by atoms with Gasteiger partial charge < -0.3 is 24.9 Å². The molecule has 0 spiro atoms. The molecular weight excluding hydrogens is 426 g/mol. The van der Waals surface area contributed by atoms with Crippen LogP contribution < -0.4 is 10.6 Å². The molecule has 1 atom stereocenters. The number of hydrogen-bond acceptors (Lipinski definition) is 6. The third-order valence-electron chi connectivity index (χ3n) is 5.61. The summed E-state index contributed by atoms with van der Waals surface area (Å²) in [5.74, 6) is -2.18. The van der Waals surface area contributed by atoms with Crippen molar-refractivity contribution in [1.29, 1.82) is 0 Å². The number of carbonyl (C=O) groups is 3. The van der Waals surface area contributed by atoms with Crippen LogP contribution in [0.2, 0.25) is 0 Å². The first kappa shape index (κ1) is 22.1. The second kappa shape index (κ2) is 9.56. The van der Waals surface area contributed by atoms with Crippen LogP contribution in [0.15, 0.2) is 59.3 Å². The average molecular weight is 449 g/mol. The van der Waals surface area contributed by atoms with Crippen LogP contribution in [-0.2, 0) is 16.1 Å². The second-order valence-electron chi connectivity index (χ2n) is 7.75. The molecule has 3 aromatic rings. The second-order valence-corrected chi connectivity index (χ2v) is 7.75. The first-order valence-electron chi connectivity index (χ1n) is 10.5. The van der Waals surface area contributed by atoms with E-state index in [1.54, 1.807) is 6.92 Å². The lowest BCUT2D eigenvalue weighted by molar-refractivity contribution is -0.124. The van der Waals surface area contributed by atoms with Crippen LogP contribution in [0.25, 0.3) is 11.1 Å². The summed E-state index contributed by atoms with van der Waals surface area (Å²) in [6.45, 7) is 1.77. The highest BCUT2D eigenvalue weighted by Crippen LogP contribution is 2.44. The van der Waals surface area contributed by atoms with Crippen LogP contribution in [0.1, 0.15) is 40.2 Å². The van der Waals surface area contributed by atoms with E-state index in [1.807, 2.05) is 36.4 Å². The number of aromatic carboxylic acids is 1. The minimum atomic E-state index is -1.24. The predicted molar refractivity (Wildman–Crippen MR) is 118 cm³/mol. The Labute approximate surface area is 189 Å². The van der Waals surface area contributed by atoms with Gasteiger partial charge in [-0.1, -0.05) is 55.5 Å². The molecular formula is C24H23N3O6. The summed E-state index contributed by atoms with van der Waals surface area (Å²) >= 11 is 0. The van der Waals surface area contributed by atoms with Crippen molar-refractivity contribution >= 4 is 18.0 Å². The van der Waals surface area contributed by atoms with Crippen LogP contribution in [0.5, 0.6) is 0 Å². The van der Waals surface area contributed by atoms with Crippen molar-refractivity contribution in [3.05, 3.63) is 77.5 Å². The van der Waals surface area contributed by atoms with Crippen LogP contribution in [0.3, 0.4) is 0 Å². The lowest BCUT2D eigenvalue weighted by Gasteiger charge is -2.16. The van der Waals surface area contributed by atoms with E-state index >= 15 is 0 Å². The fourth-order valence-corrected chi connectivity index (χ4v) is 3.89. The molecule has 0 saturated heterocycles. The molecule has 1 aromatic heterocycles. The number of benzene rings is 2. The summed E-state index contributed by atoms with van der Waals surface area (Å²) < 4.78 is 10.4. The number of carbonyl (C=O) groups excluding carboxylic acids is 2. The highest BCUT2D eigenvalue weighted by atomic mass is 16.5. The Morgan fingerprint density at radius 3 is 2.33 bits per heavy atom. The van der Waals surface area contributed by atoms with Gasteiger partial charge in [-0.25, -0.2) is 14.6 Å². The van der Waals surface area contributed by atoms with Crippen molar-refractivity contribution in [3.8, 4) is 11.1 Å². The number of amides is 2. The van der Waals surface area contributed by atoms with E-state index < -0.39 is 18.0 Å². The molecule has 1 aliphatic carbocycles. The quantitative estimate of drug-likeness (QED) is 0.481. The van der Waals surface area contributed by atoms with Crippen LogP contribution in [0.4, 0.5) is 4.79 Å². The summed E-state index contributed by atoms with van der Waals surface area (Å²) in [6.07, 6.45) is 0.396. The fourth-order valence-electron chi connectivity index (χ4n) is 3.89. The number of carboxylic acid groups (broad SMARTS) is 1. The zero-order valence-corrected chi connectivity index (χ0v) is 17.9. The third-order valence-corrected chi connectivity index (χ3v) is 5.61. The molecule has 0 radical (unpaired) electrons. The molecule has 0 bridgehead atoms. The maximum atomic E-state index is 12.3. The first-order valence-corrected chi connectivity index (χ1v) is 10.5. The largest absolute Gasteiger partial charge is 0.476 e. The fraction of sp³-hybridized carbons (Fsp3) is 0.250. The SMILES string of the molecule is CC(CNC(=O)OCC1c2ccccc2-c2ccccc21)C(=O)NCc1ocnc1C(=O)O. The van der Waals surface area contributed by atoms with E-state index in [4.69, 9.17) is 14.3 Å². The topological polar surface area (TPSA) is 131 Å². The van der Waals surface area contributed by atoms with Gasteiger partial charge in [-0.05, 0) is 22.3 Å². The van der Waals surface area contributed by atoms with Crippen molar-refractivity contribution in [2.75, 3.05) is 13.2 Å². The van der Waals surface area contributed by atoms with E-state index in [2.05, 4.69) is 27.8 Å². The van der Waals surface area contributed by atoms with Gasteiger partial charge in [0.25, 0.3) is 0 Å². The van der Waals surface area contributed by atoms with E-state index in [9.17, 15) is 14.4 Å². The average Bonchev–Trinajstić information content (AvgIpc) is 3.42. The van der Waals surface area contributed by atoms with Gasteiger partial charge in [-0.2, -0.15) is 0 Å². The molecule has 1 unspecified atom stereocenters. The van der Waals surface area contributed by atoms with Crippen molar-refractivity contribution in [3.63, 3.8) is 0 Å². The number of alkyl carbamates (subject to hydrolysis) is 1. The van der Waals surface area contributed by atoms with Gasteiger partial charge in [-0.3, -0.25) is 4.79 Å². The van der Waals surface area contributed by atoms with Gasteiger partial charge in [0.05, 0.1) is 12.5 Å². The predicted octanol–water partition coefficient (Wildman–Crippen LogP) is 3.16. The maximum absolute atomic E-state index is 12.3. The van der Waals surface area contributed by atoms with Gasteiger partial charge in [0.2, 0.25) is 5.91 Å². The molecule has 33 heavy (non-hydrogen) atoms. The monoisotopic (exact) mass is 449 g/mol. The molecule has 1 heterocycles. The van der Waals surface area contributed by atoms with Crippen molar-refractivity contribution in [2.45, 2.75) is 19.4 Å². The summed E-state index contributed by atoms with van der Waals surface area (Å²) in [5, 5.41) is 14.2. The number of aromatic nitrogens is 1. The standard InChI is InChI=1S/C24H23N3O6/c1-14(22(28)25-11-20-21(23(29)30)27-13-33-20)10-26-24(31)32-12-19-17-8-4-2-6-15(17)16-7-3-5-9-18(16)19/h2-9,13-14,19H,10-12H2,1H3,(H,25,28)(H,26,31)(H,29,30). The number of ether oxygens (including phenoxy) is 1. The summed E-state index contributed by atoms with van der Waals surface area (Å²) in [7, 11) is 0. The van der Waals surface area contributed by atoms with Gasteiger partial charge in [0.1, 0.15) is 6.61 Å². The Balaban J connectivity index is 1.26. The first-order chi connectivity index (χ1) is 16.0. The smallest absolute Gasteiger partial charge is 0.407 e. The summed E-state index contributed by atoms with van der Waals surface area (Å²) in [6, 6.07) is 16.1. The Morgan fingerprint density at radius 2 is 1.70 bits per heavy atom. The molecule has 4 rings (SSSR count). The molecule has 170 valence electrons. The van der Waals surface area contributed by atoms with E-state index in [0.717, 1.165) is 28.6 Å². The lowest BCUT2D eigenvalue weighted by Crippen LogP contribution is -2.37. The molecule has 9 heteroatoms. The van der Waals surface area contributed by atoms with Gasteiger partial charge in [0, 0.05) is 12.5 Å². The van der Waals surface area contributed by atoms with Crippen molar-refractivity contribution in [2.24, 2.45) is 5.92 Å². The van der Waals surface area contributed by atoms with Crippen molar-refractivity contribution in [1.82, 2.24) is 15.6 Å². The van der Waals surface area contributed by atoms with Gasteiger partial charge in [0.15, 0.2) is 17.8 Å². The molecule has 2 amide bonds. The highest BCUT2D eigenvalue weighted by Gasteiger charge is 2.29. The van der Waals surface area contributed by atoms with E-state index in [1.165, 1.54) is 0 Å². The normalized spacial score (nSPS) is 13.0. The Hall–Kier alpha value is -4.14. The Morgan fingerprint density at radius 1 is 1.06 bits per heavy atom. The molecule has 0 fully saturated rings. The number of rotatable bonds is 8. The van der Waals surface area contributed by atoms with Crippen LogP contribution in [0, 0.1) is 5.92 Å². The number of nitrogens with one attached hydrogen (secondary N) is 2. The van der Waals surface area contributed by atoms with Crippen LogP contribution in [-0.4, -0.2) is 41.2 Å². The molecule has 0 saturated carbocycles. The lowest BCUT2D eigenvalue weighted by atomic mass is 9.98. The maximum Gasteiger partial charge on any atom is 0.407 e. The summed E-state index contributed by atoms with van der Waals surface area (Å²) in [5.41, 5.74) is 4.27. The molecule has 1 aliphatic rings.